The molecule has 0 spiro atoms. The van der Waals surface area contributed by atoms with E-state index in [9.17, 15) is 4.79 Å². The number of pyridine rings is 1. The van der Waals surface area contributed by atoms with Crippen molar-refractivity contribution in [1.82, 2.24) is 24.5 Å². The van der Waals surface area contributed by atoms with Crippen molar-refractivity contribution in [3.05, 3.63) is 60.4 Å². The van der Waals surface area contributed by atoms with Gasteiger partial charge in [0.2, 0.25) is 0 Å². The Bertz CT molecular complexity index is 1140. The highest BCUT2D eigenvalue weighted by molar-refractivity contribution is 6.12. The molecule has 4 rings (SSSR count). The summed E-state index contributed by atoms with van der Waals surface area (Å²) in [5, 5.41) is 12.5. The maximum atomic E-state index is 13.2. The smallest absolute Gasteiger partial charge is 0.257 e. The quantitative estimate of drug-likeness (QED) is 0.536. The summed E-state index contributed by atoms with van der Waals surface area (Å²) in [5.41, 5.74) is 2.95. The summed E-state index contributed by atoms with van der Waals surface area (Å²) in [7, 11) is 0. The first-order valence-electron chi connectivity index (χ1n) is 9.82. The number of fused-ring (bicyclic) bond motifs is 1. The molecule has 1 amide bonds. The van der Waals surface area contributed by atoms with E-state index in [0.717, 1.165) is 23.2 Å². The lowest BCUT2D eigenvalue weighted by atomic mass is 10.1. The van der Waals surface area contributed by atoms with Gasteiger partial charge in [-0.05, 0) is 18.9 Å². The summed E-state index contributed by atoms with van der Waals surface area (Å²) in [6, 6.07) is 13.5. The second-order valence-electron chi connectivity index (χ2n) is 7.37. The molecule has 0 unspecified atom stereocenters. The lowest BCUT2D eigenvalue weighted by Crippen LogP contribution is -2.18. The van der Waals surface area contributed by atoms with Gasteiger partial charge in [0.25, 0.3) is 5.91 Å². The van der Waals surface area contributed by atoms with Crippen LogP contribution in [0.1, 0.15) is 31.1 Å². The molecule has 3 heterocycles. The molecule has 0 aliphatic heterocycles. The van der Waals surface area contributed by atoms with Gasteiger partial charge in [-0.1, -0.05) is 44.2 Å². The van der Waals surface area contributed by atoms with Crippen LogP contribution in [0.15, 0.2) is 54.9 Å². The fourth-order valence-corrected chi connectivity index (χ4v) is 3.34. The Balaban J connectivity index is 1.77. The third-order valence-corrected chi connectivity index (χ3v) is 4.72. The van der Waals surface area contributed by atoms with Crippen LogP contribution in [0.2, 0.25) is 0 Å². The maximum absolute atomic E-state index is 13.2. The number of benzene rings is 1. The Hall–Kier alpha value is -3.48. The van der Waals surface area contributed by atoms with E-state index in [1.165, 1.54) is 0 Å². The molecule has 0 radical (unpaired) electrons. The Morgan fingerprint density at radius 2 is 1.90 bits per heavy atom. The van der Waals surface area contributed by atoms with E-state index in [1.54, 1.807) is 12.4 Å². The van der Waals surface area contributed by atoms with Gasteiger partial charge in [0, 0.05) is 24.7 Å². The van der Waals surface area contributed by atoms with Gasteiger partial charge in [-0.25, -0.2) is 14.3 Å². The Morgan fingerprint density at radius 1 is 1.10 bits per heavy atom. The number of carbonyl (C=O) groups excluding carboxylic acids is 1. The number of aryl methyl sites for hydroxylation is 1. The zero-order chi connectivity index (χ0) is 20.4. The molecule has 0 bridgehead atoms. The number of carbonyl (C=O) groups is 1. The number of aromatic nitrogens is 5. The van der Waals surface area contributed by atoms with Crippen LogP contribution in [0.25, 0.3) is 22.3 Å². The van der Waals surface area contributed by atoms with Gasteiger partial charge < -0.3 is 5.32 Å². The third kappa shape index (κ3) is 3.76. The summed E-state index contributed by atoms with van der Waals surface area (Å²) >= 11 is 0. The molecule has 7 heteroatoms. The molecule has 7 nitrogen and oxygen atoms in total. The number of rotatable bonds is 6. The molecule has 0 saturated carbocycles. The van der Waals surface area contributed by atoms with Crippen LogP contribution >= 0.6 is 0 Å². The van der Waals surface area contributed by atoms with Gasteiger partial charge in [0.15, 0.2) is 5.65 Å². The summed E-state index contributed by atoms with van der Waals surface area (Å²) < 4.78 is 3.62. The van der Waals surface area contributed by atoms with Gasteiger partial charge in [-0.3, -0.25) is 4.79 Å². The van der Waals surface area contributed by atoms with Crippen molar-refractivity contribution in [3.8, 4) is 11.3 Å². The molecule has 0 saturated heterocycles. The van der Waals surface area contributed by atoms with Crippen LogP contribution in [0.3, 0.4) is 0 Å². The van der Waals surface area contributed by atoms with Crippen molar-refractivity contribution in [1.29, 1.82) is 0 Å². The van der Waals surface area contributed by atoms with Crippen LogP contribution in [0, 0.1) is 5.92 Å². The summed E-state index contributed by atoms with van der Waals surface area (Å²) in [5.74, 6) is 0.902. The van der Waals surface area contributed by atoms with Crippen LogP contribution in [-0.4, -0.2) is 30.5 Å². The average Bonchev–Trinajstić information content (AvgIpc) is 3.33. The van der Waals surface area contributed by atoms with Crippen molar-refractivity contribution in [2.45, 2.75) is 33.9 Å². The van der Waals surface area contributed by atoms with E-state index >= 15 is 0 Å². The number of hydrogen-bond acceptors (Lipinski definition) is 4. The van der Waals surface area contributed by atoms with Crippen molar-refractivity contribution in [3.63, 3.8) is 0 Å². The van der Waals surface area contributed by atoms with E-state index in [-0.39, 0.29) is 5.91 Å². The minimum atomic E-state index is -0.198. The first-order valence-corrected chi connectivity index (χ1v) is 9.82. The molecule has 3 aromatic heterocycles. The first-order chi connectivity index (χ1) is 14.1. The fraction of sp³-hybridized carbons (Fsp3) is 0.273. The zero-order valence-electron chi connectivity index (χ0n) is 16.8. The number of nitrogens with zero attached hydrogens (tertiary/aromatic N) is 5. The van der Waals surface area contributed by atoms with Crippen LogP contribution in [-0.2, 0) is 13.1 Å². The lowest BCUT2D eigenvalue weighted by molar-refractivity contribution is 0.102. The SMILES string of the molecule is CCn1ncc2c(C(=O)Nc3ccnn3CC(C)C)cc(-c3ccccc3)nc21. The zero-order valence-corrected chi connectivity index (χ0v) is 16.8. The minimum absolute atomic E-state index is 0.198. The predicted molar refractivity (Wildman–Crippen MR) is 114 cm³/mol. The summed E-state index contributed by atoms with van der Waals surface area (Å²) in [6.07, 6.45) is 3.41. The molecule has 0 aliphatic carbocycles. The largest absolute Gasteiger partial charge is 0.307 e. The number of anilines is 1. The van der Waals surface area contributed by atoms with Gasteiger partial charge in [0.1, 0.15) is 5.82 Å². The van der Waals surface area contributed by atoms with Gasteiger partial charge >= 0.3 is 0 Å². The van der Waals surface area contributed by atoms with E-state index in [4.69, 9.17) is 4.98 Å². The Kier molecular flexibility index (Phi) is 5.12. The van der Waals surface area contributed by atoms with Crippen molar-refractivity contribution in [2.24, 2.45) is 5.92 Å². The molecule has 29 heavy (non-hydrogen) atoms. The summed E-state index contributed by atoms with van der Waals surface area (Å²) in [6.45, 7) is 7.65. The minimum Gasteiger partial charge on any atom is -0.307 e. The second kappa shape index (κ2) is 7.87. The average molecular weight is 388 g/mol. The standard InChI is InChI=1S/C22H24N6O/c1-4-27-21-18(13-24-27)17(12-19(25-21)16-8-6-5-7-9-16)22(29)26-20-10-11-23-28(20)14-15(2)3/h5-13,15H,4,14H2,1-3H3,(H,26,29). The number of nitrogens with one attached hydrogen (secondary N) is 1. The highest BCUT2D eigenvalue weighted by atomic mass is 16.1. The number of hydrogen-bond donors (Lipinski definition) is 1. The predicted octanol–water partition coefficient (Wildman–Crippen LogP) is 4.22. The van der Waals surface area contributed by atoms with Gasteiger partial charge in [-0.15, -0.1) is 0 Å². The third-order valence-electron chi connectivity index (χ3n) is 4.72. The normalized spacial score (nSPS) is 11.3. The van der Waals surface area contributed by atoms with E-state index in [2.05, 4.69) is 29.4 Å². The molecule has 0 fully saturated rings. The molecule has 0 atom stereocenters. The van der Waals surface area contributed by atoms with E-state index < -0.39 is 0 Å². The van der Waals surface area contributed by atoms with E-state index in [1.807, 2.05) is 58.8 Å². The monoisotopic (exact) mass is 388 g/mol. The van der Waals surface area contributed by atoms with Crippen molar-refractivity contribution < 1.29 is 4.79 Å². The topological polar surface area (TPSA) is 77.6 Å². The highest BCUT2D eigenvalue weighted by Crippen LogP contribution is 2.25. The molecule has 0 aliphatic rings. The van der Waals surface area contributed by atoms with E-state index in [0.29, 0.717) is 29.5 Å². The van der Waals surface area contributed by atoms with Crippen molar-refractivity contribution >= 4 is 22.8 Å². The fourth-order valence-electron chi connectivity index (χ4n) is 3.34. The molecule has 1 aromatic carbocycles. The Labute approximate surface area is 169 Å². The van der Waals surface area contributed by atoms with Crippen LogP contribution in [0.5, 0.6) is 0 Å². The van der Waals surface area contributed by atoms with Gasteiger partial charge in [-0.2, -0.15) is 10.2 Å². The molecule has 1 N–H and O–H groups in total. The van der Waals surface area contributed by atoms with Gasteiger partial charge in [0.05, 0.1) is 29.0 Å². The summed E-state index contributed by atoms with van der Waals surface area (Å²) in [4.78, 5) is 18.0. The van der Waals surface area contributed by atoms with Crippen molar-refractivity contribution in [2.75, 3.05) is 5.32 Å². The van der Waals surface area contributed by atoms with Crippen LogP contribution in [0.4, 0.5) is 5.82 Å². The molecular formula is C22H24N6O. The highest BCUT2D eigenvalue weighted by Gasteiger charge is 2.18. The molecule has 148 valence electrons. The maximum Gasteiger partial charge on any atom is 0.257 e. The molecule has 4 aromatic rings. The number of amides is 1. The first kappa shape index (κ1) is 18.9. The second-order valence-corrected chi connectivity index (χ2v) is 7.37. The Morgan fingerprint density at radius 3 is 2.62 bits per heavy atom. The van der Waals surface area contributed by atoms with Crippen LogP contribution < -0.4 is 5.32 Å². The lowest BCUT2D eigenvalue weighted by Gasteiger charge is -2.12. The molecular weight excluding hydrogens is 364 g/mol.